The SMILES string of the molecule is Cc1ccc2c(c1OC(N)=O)NC(S(=O)O)C1CC(C=CC(N)=O)=CN1C2=O.[Na]. The summed E-state index contributed by atoms with van der Waals surface area (Å²) < 4.78 is 26.9. The van der Waals surface area contributed by atoms with E-state index in [1.54, 1.807) is 13.0 Å². The maximum Gasteiger partial charge on any atom is 0.410 e. The van der Waals surface area contributed by atoms with Gasteiger partial charge in [-0.15, -0.1) is 0 Å². The molecule has 2 heterocycles. The molecule has 3 atom stereocenters. The van der Waals surface area contributed by atoms with Gasteiger partial charge in [-0.1, -0.05) is 12.1 Å². The van der Waals surface area contributed by atoms with Gasteiger partial charge < -0.3 is 31.0 Å². The van der Waals surface area contributed by atoms with Crippen molar-refractivity contribution in [2.45, 2.75) is 24.8 Å². The van der Waals surface area contributed by atoms with Gasteiger partial charge in [0.15, 0.2) is 16.8 Å². The van der Waals surface area contributed by atoms with Gasteiger partial charge in [-0.2, -0.15) is 0 Å². The number of anilines is 1. The normalized spacial score (nSPS) is 21.2. The molecule has 1 radical (unpaired) electrons. The number of nitrogens with two attached hydrogens (primary N) is 2. The minimum Gasteiger partial charge on any atom is -0.408 e. The number of amides is 3. The Bertz CT molecular complexity index is 963. The van der Waals surface area contributed by atoms with Crippen molar-refractivity contribution in [2.75, 3.05) is 5.32 Å². The first kappa shape index (κ1) is 23.1. The number of hydrogen-bond acceptors (Lipinski definition) is 6. The molecule has 6 N–H and O–H groups in total. The summed E-state index contributed by atoms with van der Waals surface area (Å²) in [6, 6.07) is 2.40. The van der Waals surface area contributed by atoms with Gasteiger partial charge in [0.05, 0.1) is 17.3 Å². The number of carbonyl (C=O) groups is 3. The molecule has 1 aromatic rings. The van der Waals surface area contributed by atoms with Crippen molar-refractivity contribution in [2.24, 2.45) is 11.5 Å². The summed E-state index contributed by atoms with van der Waals surface area (Å²) in [6.07, 6.45) is 3.25. The number of primary amides is 2. The van der Waals surface area contributed by atoms with Crippen LogP contribution < -0.4 is 21.5 Å². The van der Waals surface area contributed by atoms with Crippen LogP contribution in [0.15, 0.2) is 36.1 Å². The standard InChI is InChI=1S/C17H18N4O6S.Na/c1-8-2-4-10-13(14(8)27-17(19)24)20-15(28(25)26)11-6-9(3-5-12(18)22)7-21(11)16(10)23;/h2-5,7,11,15,20H,6H2,1H3,(H2,18,22)(H2,19,24)(H,25,26);. The summed E-state index contributed by atoms with van der Waals surface area (Å²) >= 11 is -2.38. The van der Waals surface area contributed by atoms with Crippen molar-refractivity contribution >= 4 is 64.2 Å². The van der Waals surface area contributed by atoms with Gasteiger partial charge in [0.25, 0.3) is 5.91 Å². The zero-order chi connectivity index (χ0) is 20.6. The van der Waals surface area contributed by atoms with Crippen LogP contribution in [0.3, 0.4) is 0 Å². The molecule has 0 saturated heterocycles. The van der Waals surface area contributed by atoms with Gasteiger partial charge in [-0.3, -0.25) is 9.59 Å². The predicted molar refractivity (Wildman–Crippen MR) is 106 cm³/mol. The third kappa shape index (κ3) is 4.70. The fraction of sp³-hybridized carbons (Fsp3) is 0.235. The Morgan fingerprint density at radius 1 is 1.38 bits per heavy atom. The molecule has 2 aliphatic heterocycles. The predicted octanol–water partition coefficient (Wildman–Crippen LogP) is 0.185. The summed E-state index contributed by atoms with van der Waals surface area (Å²) in [7, 11) is 0. The Balaban J connectivity index is 0.00000300. The van der Waals surface area contributed by atoms with E-state index >= 15 is 0 Å². The average Bonchev–Trinajstić information content (AvgIpc) is 2.98. The molecule has 0 saturated carbocycles. The molecule has 0 bridgehead atoms. The number of aryl methyl sites for hydroxylation is 1. The molecule has 29 heavy (non-hydrogen) atoms. The Hall–Kier alpha value is -2.18. The molecule has 3 amide bonds. The van der Waals surface area contributed by atoms with E-state index < -0.39 is 40.4 Å². The van der Waals surface area contributed by atoms with E-state index in [4.69, 9.17) is 16.2 Å². The van der Waals surface area contributed by atoms with Crippen LogP contribution in [0.2, 0.25) is 0 Å². The van der Waals surface area contributed by atoms with Gasteiger partial charge in [0, 0.05) is 41.8 Å². The quantitative estimate of drug-likeness (QED) is 0.301. The van der Waals surface area contributed by atoms with Gasteiger partial charge in [-0.25, -0.2) is 9.00 Å². The van der Waals surface area contributed by atoms with Crippen molar-refractivity contribution in [3.05, 3.63) is 47.2 Å². The summed E-state index contributed by atoms with van der Waals surface area (Å²) in [5, 5.41) is 1.78. The maximum absolute atomic E-state index is 13.1. The van der Waals surface area contributed by atoms with E-state index in [2.05, 4.69) is 5.32 Å². The molecule has 0 spiro atoms. The Morgan fingerprint density at radius 2 is 2.07 bits per heavy atom. The van der Waals surface area contributed by atoms with Crippen molar-refractivity contribution in [3.8, 4) is 5.75 Å². The van der Waals surface area contributed by atoms with Crippen molar-refractivity contribution in [1.82, 2.24) is 4.90 Å². The number of hydrogen-bond donors (Lipinski definition) is 4. The molecular weight excluding hydrogens is 411 g/mol. The fourth-order valence-electron chi connectivity index (χ4n) is 3.23. The molecule has 1 aromatic carbocycles. The summed E-state index contributed by atoms with van der Waals surface area (Å²) in [5.74, 6) is -1.09. The van der Waals surface area contributed by atoms with E-state index in [0.29, 0.717) is 11.1 Å². The molecule has 0 aromatic heterocycles. The second-order valence-corrected chi connectivity index (χ2v) is 7.38. The monoisotopic (exact) mass is 429 g/mol. The number of fused-ring (bicyclic) bond motifs is 2. The van der Waals surface area contributed by atoms with Crippen molar-refractivity contribution in [1.29, 1.82) is 0 Å². The van der Waals surface area contributed by atoms with E-state index in [1.807, 2.05) is 0 Å². The third-order valence-electron chi connectivity index (χ3n) is 4.44. The van der Waals surface area contributed by atoms with Gasteiger partial charge in [0.2, 0.25) is 5.91 Å². The third-order valence-corrected chi connectivity index (χ3v) is 5.31. The Labute approximate surface area is 190 Å². The number of allylic oxidation sites excluding steroid dienone is 1. The van der Waals surface area contributed by atoms with Crippen LogP contribution in [-0.2, 0) is 15.9 Å². The van der Waals surface area contributed by atoms with E-state index in [-0.39, 0.29) is 53.0 Å². The van der Waals surface area contributed by atoms with Gasteiger partial charge in [-0.05, 0) is 30.5 Å². The molecule has 0 aliphatic carbocycles. The topological polar surface area (TPSA) is 165 Å². The van der Waals surface area contributed by atoms with Crippen LogP contribution in [0.4, 0.5) is 10.5 Å². The summed E-state index contributed by atoms with van der Waals surface area (Å²) in [4.78, 5) is 36.6. The van der Waals surface area contributed by atoms with Crippen LogP contribution in [-0.4, -0.2) is 72.5 Å². The van der Waals surface area contributed by atoms with Gasteiger partial charge in [0.1, 0.15) is 5.37 Å². The first-order valence-electron chi connectivity index (χ1n) is 8.17. The van der Waals surface area contributed by atoms with Crippen LogP contribution in [0.1, 0.15) is 22.3 Å². The smallest absolute Gasteiger partial charge is 0.408 e. The zero-order valence-corrected chi connectivity index (χ0v) is 18.6. The zero-order valence-electron chi connectivity index (χ0n) is 15.7. The van der Waals surface area contributed by atoms with Crippen LogP contribution in [0, 0.1) is 6.92 Å². The maximum atomic E-state index is 13.1. The first-order chi connectivity index (χ1) is 13.2. The van der Waals surface area contributed by atoms with Crippen LogP contribution in [0.25, 0.3) is 0 Å². The van der Waals surface area contributed by atoms with Gasteiger partial charge >= 0.3 is 6.09 Å². The second kappa shape index (κ2) is 9.09. The summed E-state index contributed by atoms with van der Waals surface area (Å²) in [5.41, 5.74) is 11.6. The molecule has 149 valence electrons. The molecule has 2 aliphatic rings. The van der Waals surface area contributed by atoms with Crippen molar-refractivity contribution in [3.63, 3.8) is 0 Å². The molecule has 3 unspecified atom stereocenters. The Morgan fingerprint density at radius 3 is 2.66 bits per heavy atom. The first-order valence-corrected chi connectivity index (χ1v) is 9.34. The average molecular weight is 429 g/mol. The number of nitrogens with zero attached hydrogens (tertiary/aromatic N) is 1. The number of nitrogens with one attached hydrogen (secondary N) is 1. The van der Waals surface area contributed by atoms with E-state index in [1.165, 1.54) is 23.2 Å². The van der Waals surface area contributed by atoms with Crippen molar-refractivity contribution < 1.29 is 27.9 Å². The summed E-state index contributed by atoms with van der Waals surface area (Å²) in [6.45, 7) is 1.65. The minimum atomic E-state index is -2.38. The number of ether oxygens (including phenoxy) is 1. The molecule has 10 nitrogen and oxygen atoms in total. The van der Waals surface area contributed by atoms with Crippen LogP contribution in [0.5, 0.6) is 5.75 Å². The molecule has 12 heteroatoms. The number of carbonyl (C=O) groups excluding carboxylic acids is 3. The molecule has 3 rings (SSSR count). The largest absolute Gasteiger partial charge is 0.410 e. The van der Waals surface area contributed by atoms with Crippen LogP contribution >= 0.6 is 0 Å². The van der Waals surface area contributed by atoms with E-state index in [9.17, 15) is 23.1 Å². The molecule has 0 fully saturated rings. The minimum absolute atomic E-state index is 0. The second-order valence-electron chi connectivity index (χ2n) is 6.32. The number of rotatable bonds is 4. The number of benzene rings is 1. The van der Waals surface area contributed by atoms with E-state index in [0.717, 1.165) is 6.08 Å². The fourth-order valence-corrected chi connectivity index (χ4v) is 3.95. The Kier molecular flexibility index (Phi) is 7.25. The molecular formula is C17H18N4NaO6S.